The highest BCUT2D eigenvalue weighted by Gasteiger charge is 2.19. The highest BCUT2D eigenvalue weighted by atomic mass is 32.2. The molecule has 2 rings (SSSR count). The molecule has 0 amide bonds. The van der Waals surface area contributed by atoms with E-state index in [0.717, 1.165) is 35.2 Å². The highest BCUT2D eigenvalue weighted by molar-refractivity contribution is 7.99. The summed E-state index contributed by atoms with van der Waals surface area (Å²) in [6.07, 6.45) is 3.74. The predicted molar refractivity (Wildman–Crippen MR) is 72.0 cm³/mol. The van der Waals surface area contributed by atoms with Gasteiger partial charge >= 0.3 is 0 Å². The maximum Gasteiger partial charge on any atom is 0.100 e. The molecule has 0 radical (unpaired) electrons. The molecule has 2 nitrogen and oxygen atoms in total. The second-order valence-electron chi connectivity index (χ2n) is 4.45. The number of nitriles is 1. The summed E-state index contributed by atoms with van der Waals surface area (Å²) >= 11 is 1.77. The van der Waals surface area contributed by atoms with Crippen LogP contribution in [0.1, 0.15) is 37.3 Å². The van der Waals surface area contributed by atoms with E-state index in [1.165, 1.54) is 18.4 Å². The summed E-state index contributed by atoms with van der Waals surface area (Å²) in [5.74, 6) is 1.08. The molecule has 1 N–H and O–H groups in total. The fraction of sp³-hybridized carbons (Fsp3) is 0.500. The van der Waals surface area contributed by atoms with Crippen LogP contribution in [0.4, 0.5) is 0 Å². The van der Waals surface area contributed by atoms with Gasteiger partial charge in [-0.15, -0.1) is 11.8 Å². The van der Waals surface area contributed by atoms with Crippen molar-refractivity contribution >= 4 is 11.8 Å². The summed E-state index contributed by atoms with van der Waals surface area (Å²) in [6.45, 7) is 3.05. The van der Waals surface area contributed by atoms with Crippen molar-refractivity contribution in [3.63, 3.8) is 0 Å². The molecule has 1 aromatic rings. The first-order chi connectivity index (χ1) is 8.33. The van der Waals surface area contributed by atoms with Crippen molar-refractivity contribution in [1.29, 1.82) is 5.26 Å². The van der Waals surface area contributed by atoms with E-state index in [2.05, 4.69) is 30.4 Å². The van der Waals surface area contributed by atoms with Crippen LogP contribution in [0.2, 0.25) is 0 Å². The zero-order chi connectivity index (χ0) is 12.1. The molecular formula is C14H18N2S. The van der Waals surface area contributed by atoms with E-state index >= 15 is 0 Å². The summed E-state index contributed by atoms with van der Waals surface area (Å²) in [5, 5.41) is 12.6. The Morgan fingerprint density at radius 1 is 1.47 bits per heavy atom. The molecule has 0 unspecified atom stereocenters. The first-order valence-corrected chi connectivity index (χ1v) is 7.21. The van der Waals surface area contributed by atoms with Gasteiger partial charge in [-0.05, 0) is 42.7 Å². The lowest BCUT2D eigenvalue weighted by atomic mass is 10.1. The van der Waals surface area contributed by atoms with Crippen molar-refractivity contribution in [2.45, 2.75) is 43.7 Å². The van der Waals surface area contributed by atoms with E-state index in [4.69, 9.17) is 5.26 Å². The van der Waals surface area contributed by atoms with Gasteiger partial charge in [0.2, 0.25) is 0 Å². The fourth-order valence-electron chi connectivity index (χ4n) is 1.66. The predicted octanol–water partition coefficient (Wildman–Crippen LogP) is 3.31. The van der Waals surface area contributed by atoms with Gasteiger partial charge in [0.25, 0.3) is 0 Å². The van der Waals surface area contributed by atoms with Crippen LogP contribution in [0.5, 0.6) is 0 Å². The van der Waals surface area contributed by atoms with Gasteiger partial charge in [0, 0.05) is 17.5 Å². The lowest BCUT2D eigenvalue weighted by molar-refractivity contribution is 0.687. The summed E-state index contributed by atoms with van der Waals surface area (Å²) in [6, 6.07) is 9.26. The van der Waals surface area contributed by atoms with Gasteiger partial charge in [-0.2, -0.15) is 5.26 Å². The summed E-state index contributed by atoms with van der Waals surface area (Å²) in [7, 11) is 0. The molecule has 1 aromatic carbocycles. The van der Waals surface area contributed by atoms with Gasteiger partial charge in [-0.3, -0.25) is 0 Å². The number of hydrogen-bond acceptors (Lipinski definition) is 3. The van der Waals surface area contributed by atoms with E-state index in [1.54, 1.807) is 11.8 Å². The molecule has 0 bridgehead atoms. The van der Waals surface area contributed by atoms with Crippen LogP contribution < -0.4 is 5.32 Å². The maximum atomic E-state index is 9.15. The Morgan fingerprint density at radius 3 is 2.94 bits per heavy atom. The zero-order valence-electron chi connectivity index (χ0n) is 10.2. The van der Waals surface area contributed by atoms with Crippen molar-refractivity contribution in [2.75, 3.05) is 5.75 Å². The molecule has 3 heteroatoms. The summed E-state index contributed by atoms with van der Waals surface area (Å²) in [4.78, 5) is 1.12. The summed E-state index contributed by atoms with van der Waals surface area (Å²) < 4.78 is 0. The van der Waals surface area contributed by atoms with Gasteiger partial charge in [-0.1, -0.05) is 13.0 Å². The first kappa shape index (κ1) is 12.5. The van der Waals surface area contributed by atoms with E-state index in [0.29, 0.717) is 0 Å². The molecular weight excluding hydrogens is 228 g/mol. The number of nitrogens with zero attached hydrogens (tertiary/aromatic N) is 1. The zero-order valence-corrected chi connectivity index (χ0v) is 11.0. The monoisotopic (exact) mass is 246 g/mol. The van der Waals surface area contributed by atoms with Crippen LogP contribution in [0.15, 0.2) is 23.1 Å². The second-order valence-corrected chi connectivity index (χ2v) is 5.58. The molecule has 1 aliphatic rings. The first-order valence-electron chi connectivity index (χ1n) is 6.22. The average Bonchev–Trinajstić information content (AvgIpc) is 3.18. The lowest BCUT2D eigenvalue weighted by Crippen LogP contribution is -2.15. The Balaban J connectivity index is 2.01. The van der Waals surface area contributed by atoms with Crippen LogP contribution in [0.25, 0.3) is 0 Å². The third-order valence-electron chi connectivity index (χ3n) is 2.80. The van der Waals surface area contributed by atoms with Gasteiger partial charge in [0.1, 0.15) is 6.07 Å². The fourth-order valence-corrected chi connectivity index (χ4v) is 2.51. The largest absolute Gasteiger partial charge is 0.310 e. The molecule has 0 saturated heterocycles. The molecule has 0 heterocycles. The molecule has 17 heavy (non-hydrogen) atoms. The lowest BCUT2D eigenvalue weighted by Gasteiger charge is -2.07. The SMILES string of the molecule is CCCSc1ccc(CNC2CC2)cc1C#N. The van der Waals surface area contributed by atoms with Crippen molar-refractivity contribution in [3.8, 4) is 6.07 Å². The Kier molecular flexibility index (Phi) is 4.47. The number of hydrogen-bond donors (Lipinski definition) is 1. The Bertz CT molecular complexity index is 419. The second kappa shape index (κ2) is 6.09. The third-order valence-corrected chi connectivity index (χ3v) is 4.08. The Labute approximate surface area is 107 Å². The molecule has 0 aliphatic heterocycles. The van der Waals surface area contributed by atoms with Crippen LogP contribution in [0, 0.1) is 11.3 Å². The minimum Gasteiger partial charge on any atom is -0.310 e. The van der Waals surface area contributed by atoms with E-state index in [-0.39, 0.29) is 0 Å². The van der Waals surface area contributed by atoms with Crippen molar-refractivity contribution in [1.82, 2.24) is 5.32 Å². The van der Waals surface area contributed by atoms with Gasteiger partial charge in [0.05, 0.1) is 5.56 Å². The quantitative estimate of drug-likeness (QED) is 0.782. The number of rotatable bonds is 6. The molecule has 0 spiro atoms. The molecule has 90 valence electrons. The average molecular weight is 246 g/mol. The normalized spacial score (nSPS) is 14.6. The van der Waals surface area contributed by atoms with Crippen LogP contribution in [0.3, 0.4) is 0 Å². The topological polar surface area (TPSA) is 35.8 Å². The highest BCUT2D eigenvalue weighted by Crippen LogP contribution is 2.25. The van der Waals surface area contributed by atoms with Crippen LogP contribution in [-0.2, 0) is 6.54 Å². The molecule has 1 aliphatic carbocycles. The molecule has 0 aromatic heterocycles. The minimum atomic E-state index is 0.717. The Morgan fingerprint density at radius 2 is 2.29 bits per heavy atom. The number of nitrogens with one attached hydrogen (secondary N) is 1. The summed E-state index contributed by atoms with van der Waals surface area (Å²) in [5.41, 5.74) is 2.04. The maximum absolute atomic E-state index is 9.15. The van der Waals surface area contributed by atoms with Crippen molar-refractivity contribution in [3.05, 3.63) is 29.3 Å². The Hall–Kier alpha value is -0.980. The third kappa shape index (κ3) is 3.76. The van der Waals surface area contributed by atoms with E-state index in [1.807, 2.05) is 6.07 Å². The standard InChI is InChI=1S/C14H18N2S/c1-2-7-17-14-6-3-11(8-12(14)9-15)10-16-13-4-5-13/h3,6,8,13,16H,2,4-5,7,10H2,1H3. The van der Waals surface area contributed by atoms with Crippen molar-refractivity contribution in [2.24, 2.45) is 0 Å². The smallest absolute Gasteiger partial charge is 0.100 e. The van der Waals surface area contributed by atoms with E-state index in [9.17, 15) is 0 Å². The number of benzene rings is 1. The van der Waals surface area contributed by atoms with Gasteiger partial charge < -0.3 is 5.32 Å². The van der Waals surface area contributed by atoms with Crippen molar-refractivity contribution < 1.29 is 0 Å². The van der Waals surface area contributed by atoms with E-state index < -0.39 is 0 Å². The van der Waals surface area contributed by atoms with Gasteiger partial charge in [-0.25, -0.2) is 0 Å². The molecule has 0 atom stereocenters. The molecule has 1 saturated carbocycles. The molecule has 1 fully saturated rings. The van der Waals surface area contributed by atoms with Crippen LogP contribution in [-0.4, -0.2) is 11.8 Å². The van der Waals surface area contributed by atoms with Crippen LogP contribution >= 0.6 is 11.8 Å². The van der Waals surface area contributed by atoms with Gasteiger partial charge in [0.15, 0.2) is 0 Å². The number of thioether (sulfide) groups is 1. The minimum absolute atomic E-state index is 0.717.